The van der Waals surface area contributed by atoms with E-state index < -0.39 is 0 Å². The molecule has 0 aliphatic heterocycles. The van der Waals surface area contributed by atoms with Crippen molar-refractivity contribution in [1.29, 1.82) is 0 Å². The Morgan fingerprint density at radius 2 is 2.33 bits per heavy atom. The Balaban J connectivity index is 3.27. The molecule has 0 rings (SSSR count). The van der Waals surface area contributed by atoms with Gasteiger partial charge in [-0.1, -0.05) is 0 Å². The van der Waals surface area contributed by atoms with Crippen molar-refractivity contribution >= 4 is 5.97 Å². The Labute approximate surface area is 55.2 Å². The van der Waals surface area contributed by atoms with Crippen LogP contribution in [0.3, 0.4) is 0 Å². The Kier molecular flexibility index (Phi) is 4.05. The highest BCUT2D eigenvalue weighted by atomic mass is 16.5. The topological polar surface area (TPSA) is 52.3 Å². The zero-order valence-electron chi connectivity index (χ0n) is 5.89. The molecule has 3 nitrogen and oxygen atoms in total. The van der Waals surface area contributed by atoms with Gasteiger partial charge in [-0.05, 0) is 13.8 Å². The van der Waals surface area contributed by atoms with Gasteiger partial charge in [0.2, 0.25) is 0 Å². The first-order valence-electron chi connectivity index (χ1n) is 3.08. The van der Waals surface area contributed by atoms with E-state index in [2.05, 4.69) is 4.74 Å². The van der Waals surface area contributed by atoms with E-state index in [-0.39, 0.29) is 12.0 Å². The highest BCUT2D eigenvalue weighted by Crippen LogP contribution is 1.89. The lowest BCUT2D eigenvalue weighted by Gasteiger charge is -2.02. The smallest absolute Gasteiger partial charge is 0.307 e. The van der Waals surface area contributed by atoms with E-state index in [4.69, 9.17) is 5.73 Å². The van der Waals surface area contributed by atoms with Gasteiger partial charge in [-0.3, -0.25) is 4.79 Å². The van der Waals surface area contributed by atoms with Crippen molar-refractivity contribution in [3.63, 3.8) is 0 Å². The van der Waals surface area contributed by atoms with Crippen LogP contribution in [0.4, 0.5) is 0 Å². The van der Waals surface area contributed by atoms with E-state index in [0.717, 1.165) is 0 Å². The molecule has 0 saturated heterocycles. The molecule has 0 aliphatic carbocycles. The minimum atomic E-state index is -0.215. The minimum absolute atomic E-state index is 0.0935. The van der Waals surface area contributed by atoms with Gasteiger partial charge in [0, 0.05) is 6.04 Å². The highest BCUT2D eigenvalue weighted by Gasteiger charge is 2.03. The number of carbonyl (C=O) groups is 1. The van der Waals surface area contributed by atoms with E-state index in [1.54, 1.807) is 13.8 Å². The van der Waals surface area contributed by atoms with Crippen molar-refractivity contribution in [1.82, 2.24) is 0 Å². The van der Waals surface area contributed by atoms with Crippen molar-refractivity contribution in [3.05, 3.63) is 0 Å². The van der Waals surface area contributed by atoms with Gasteiger partial charge in [-0.25, -0.2) is 0 Å². The number of rotatable bonds is 3. The van der Waals surface area contributed by atoms with Crippen LogP contribution in [-0.4, -0.2) is 18.6 Å². The number of hydrogen-bond donors (Lipinski definition) is 1. The summed E-state index contributed by atoms with van der Waals surface area (Å²) in [5, 5.41) is 0. The molecular formula is C6H13NO2. The molecule has 0 aromatic rings. The average Bonchev–Trinajstić information content (AvgIpc) is 1.63. The monoisotopic (exact) mass is 131 g/mol. The van der Waals surface area contributed by atoms with Gasteiger partial charge < -0.3 is 10.5 Å². The second-order valence-electron chi connectivity index (χ2n) is 1.99. The Hall–Kier alpha value is -0.570. The van der Waals surface area contributed by atoms with Gasteiger partial charge in [0.15, 0.2) is 0 Å². The highest BCUT2D eigenvalue weighted by molar-refractivity contribution is 5.69. The molecule has 0 unspecified atom stereocenters. The lowest BCUT2D eigenvalue weighted by atomic mass is 10.3. The summed E-state index contributed by atoms with van der Waals surface area (Å²) in [6, 6.07) is -0.0935. The second-order valence-corrected chi connectivity index (χ2v) is 1.99. The van der Waals surface area contributed by atoms with Crippen LogP contribution in [0.15, 0.2) is 0 Å². The van der Waals surface area contributed by atoms with E-state index in [1.807, 2.05) is 0 Å². The number of nitrogens with two attached hydrogens (primary N) is 1. The van der Waals surface area contributed by atoms with Gasteiger partial charge in [0.05, 0.1) is 13.0 Å². The van der Waals surface area contributed by atoms with Crippen LogP contribution in [-0.2, 0) is 9.53 Å². The van der Waals surface area contributed by atoms with E-state index >= 15 is 0 Å². The Morgan fingerprint density at radius 3 is 2.67 bits per heavy atom. The molecule has 0 amide bonds. The van der Waals surface area contributed by atoms with Crippen LogP contribution in [0.25, 0.3) is 0 Å². The fourth-order valence-electron chi connectivity index (χ4n) is 0.483. The zero-order chi connectivity index (χ0) is 7.28. The Morgan fingerprint density at radius 1 is 1.78 bits per heavy atom. The van der Waals surface area contributed by atoms with Crippen molar-refractivity contribution in [2.45, 2.75) is 26.3 Å². The maximum atomic E-state index is 10.6. The van der Waals surface area contributed by atoms with Crippen LogP contribution in [0, 0.1) is 0 Å². The zero-order valence-corrected chi connectivity index (χ0v) is 5.89. The van der Waals surface area contributed by atoms with Crippen LogP contribution in [0.5, 0.6) is 0 Å². The SMILES string of the molecule is CCOC(=O)C[C@@H](C)N. The molecule has 0 saturated carbocycles. The molecule has 0 aromatic carbocycles. The van der Waals surface area contributed by atoms with Crippen LogP contribution < -0.4 is 5.73 Å². The summed E-state index contributed by atoms with van der Waals surface area (Å²) >= 11 is 0. The third-order valence-electron chi connectivity index (χ3n) is 0.794. The quantitative estimate of drug-likeness (QED) is 0.560. The second kappa shape index (κ2) is 4.32. The number of ether oxygens (including phenoxy) is 1. The molecule has 0 aliphatic rings. The molecule has 1 atom stereocenters. The van der Waals surface area contributed by atoms with Crippen LogP contribution in [0.2, 0.25) is 0 Å². The summed E-state index contributed by atoms with van der Waals surface area (Å²) in [4.78, 5) is 10.6. The fourth-order valence-corrected chi connectivity index (χ4v) is 0.483. The molecule has 0 heterocycles. The molecule has 9 heavy (non-hydrogen) atoms. The Bertz CT molecular complexity index is 91.1. The first-order valence-corrected chi connectivity index (χ1v) is 3.08. The molecule has 0 spiro atoms. The third kappa shape index (κ3) is 5.30. The maximum Gasteiger partial charge on any atom is 0.307 e. The first kappa shape index (κ1) is 8.43. The normalized spacial score (nSPS) is 12.8. The summed E-state index contributed by atoms with van der Waals surface area (Å²) in [5.41, 5.74) is 5.32. The van der Waals surface area contributed by atoms with Crippen LogP contribution >= 0.6 is 0 Å². The lowest BCUT2D eigenvalue weighted by molar-refractivity contribution is -0.143. The molecule has 0 aromatic heterocycles. The molecule has 0 fully saturated rings. The predicted molar refractivity (Wildman–Crippen MR) is 34.9 cm³/mol. The summed E-state index contributed by atoms with van der Waals surface area (Å²) in [7, 11) is 0. The third-order valence-corrected chi connectivity index (χ3v) is 0.794. The van der Waals surface area contributed by atoms with Gasteiger partial charge in [0.1, 0.15) is 0 Å². The molecule has 0 radical (unpaired) electrons. The molecule has 3 heteroatoms. The molecule has 54 valence electrons. The van der Waals surface area contributed by atoms with Gasteiger partial charge >= 0.3 is 5.97 Å². The standard InChI is InChI=1S/C6H13NO2/c1-3-9-6(8)4-5(2)7/h5H,3-4,7H2,1-2H3/t5-/m1/s1. The first-order chi connectivity index (χ1) is 4.16. The predicted octanol–water partition coefficient (Wildman–Crippen LogP) is 0.287. The fraction of sp³-hybridized carbons (Fsp3) is 0.833. The maximum absolute atomic E-state index is 10.6. The van der Waals surface area contributed by atoms with Gasteiger partial charge in [-0.15, -0.1) is 0 Å². The summed E-state index contributed by atoms with van der Waals surface area (Å²) in [5.74, 6) is -0.215. The van der Waals surface area contributed by atoms with Crippen molar-refractivity contribution in [3.8, 4) is 0 Å². The van der Waals surface area contributed by atoms with Crippen molar-refractivity contribution < 1.29 is 9.53 Å². The minimum Gasteiger partial charge on any atom is -0.466 e. The van der Waals surface area contributed by atoms with Crippen LogP contribution in [0.1, 0.15) is 20.3 Å². The largest absolute Gasteiger partial charge is 0.466 e. The van der Waals surface area contributed by atoms with Gasteiger partial charge in [-0.2, -0.15) is 0 Å². The number of carbonyl (C=O) groups excluding carboxylic acids is 1. The lowest BCUT2D eigenvalue weighted by Crippen LogP contribution is -2.20. The van der Waals surface area contributed by atoms with Gasteiger partial charge in [0.25, 0.3) is 0 Å². The number of esters is 1. The molecule has 2 N–H and O–H groups in total. The summed E-state index contributed by atoms with van der Waals surface area (Å²) < 4.78 is 4.63. The molecule has 0 bridgehead atoms. The van der Waals surface area contributed by atoms with E-state index in [0.29, 0.717) is 13.0 Å². The van der Waals surface area contributed by atoms with E-state index in [1.165, 1.54) is 0 Å². The van der Waals surface area contributed by atoms with E-state index in [9.17, 15) is 4.79 Å². The molecular weight excluding hydrogens is 118 g/mol. The van der Waals surface area contributed by atoms with Crippen molar-refractivity contribution in [2.75, 3.05) is 6.61 Å². The average molecular weight is 131 g/mol. The van der Waals surface area contributed by atoms with Crippen molar-refractivity contribution in [2.24, 2.45) is 5.73 Å². The summed E-state index contributed by atoms with van der Waals surface area (Å²) in [6.07, 6.45) is 0.313. The summed E-state index contributed by atoms with van der Waals surface area (Å²) in [6.45, 7) is 3.99. The number of hydrogen-bond acceptors (Lipinski definition) is 3.